The Morgan fingerprint density at radius 3 is 2.54 bits per heavy atom. The summed E-state index contributed by atoms with van der Waals surface area (Å²) in [6.07, 6.45) is 0.616. The second-order valence-electron chi connectivity index (χ2n) is 8.59. The number of nitrogens with one attached hydrogen (secondary N) is 2. The lowest BCUT2D eigenvalue weighted by Gasteiger charge is -2.20. The number of esters is 1. The minimum Gasteiger partial charge on any atom is -0.465 e. The highest BCUT2D eigenvalue weighted by molar-refractivity contribution is 7.99. The molecule has 12 heteroatoms. The summed E-state index contributed by atoms with van der Waals surface area (Å²) in [6.45, 7) is 4.08. The molecule has 0 spiro atoms. The van der Waals surface area contributed by atoms with E-state index in [9.17, 15) is 14.4 Å². The zero-order valence-corrected chi connectivity index (χ0v) is 23.1. The number of halogens is 2. The van der Waals surface area contributed by atoms with Crippen molar-refractivity contribution in [1.29, 1.82) is 0 Å². The maximum atomic E-state index is 13.0. The van der Waals surface area contributed by atoms with Crippen molar-refractivity contribution in [3.8, 4) is 0 Å². The summed E-state index contributed by atoms with van der Waals surface area (Å²) in [5.74, 6) is -0.237. The van der Waals surface area contributed by atoms with Gasteiger partial charge in [-0.1, -0.05) is 54.9 Å². The van der Waals surface area contributed by atoms with E-state index in [-0.39, 0.29) is 28.5 Å². The van der Waals surface area contributed by atoms with E-state index in [2.05, 4.69) is 20.8 Å². The van der Waals surface area contributed by atoms with Crippen LogP contribution in [0.5, 0.6) is 0 Å². The highest BCUT2D eigenvalue weighted by atomic mass is 35.5. The van der Waals surface area contributed by atoms with E-state index in [4.69, 9.17) is 27.9 Å². The second kappa shape index (κ2) is 12.9. The number of rotatable bonds is 10. The van der Waals surface area contributed by atoms with Crippen LogP contribution in [0, 0.1) is 5.92 Å². The van der Waals surface area contributed by atoms with Crippen LogP contribution in [0.25, 0.3) is 0 Å². The summed E-state index contributed by atoms with van der Waals surface area (Å²) < 4.78 is 6.46. The molecule has 37 heavy (non-hydrogen) atoms. The Balaban J connectivity index is 1.68. The van der Waals surface area contributed by atoms with Crippen molar-refractivity contribution in [2.24, 2.45) is 13.0 Å². The molecule has 0 unspecified atom stereocenters. The van der Waals surface area contributed by atoms with Crippen LogP contribution in [0.4, 0.5) is 5.69 Å². The molecule has 3 rings (SSSR count). The molecule has 0 aliphatic rings. The quantitative estimate of drug-likeness (QED) is 0.258. The van der Waals surface area contributed by atoms with Crippen LogP contribution in [0.15, 0.2) is 47.6 Å². The summed E-state index contributed by atoms with van der Waals surface area (Å²) in [4.78, 5) is 37.2. The van der Waals surface area contributed by atoms with Crippen molar-refractivity contribution in [2.45, 2.75) is 31.5 Å². The van der Waals surface area contributed by atoms with Crippen molar-refractivity contribution < 1.29 is 19.1 Å². The summed E-state index contributed by atoms with van der Waals surface area (Å²) in [5, 5.41) is 15.5. The first kappa shape index (κ1) is 28.5. The van der Waals surface area contributed by atoms with Crippen LogP contribution in [0.1, 0.15) is 52.9 Å². The predicted octanol–water partition coefficient (Wildman–Crippen LogP) is 5.16. The monoisotopic (exact) mass is 563 g/mol. The Bertz CT molecular complexity index is 1300. The summed E-state index contributed by atoms with van der Waals surface area (Å²) in [5.41, 5.74) is 1.13. The largest absolute Gasteiger partial charge is 0.465 e. The van der Waals surface area contributed by atoms with Crippen LogP contribution >= 0.6 is 35.0 Å². The van der Waals surface area contributed by atoms with Crippen molar-refractivity contribution in [3.63, 3.8) is 0 Å². The fourth-order valence-corrected chi connectivity index (χ4v) is 4.75. The third kappa shape index (κ3) is 7.70. The number of amides is 2. The van der Waals surface area contributed by atoms with Crippen molar-refractivity contribution in [2.75, 3.05) is 18.2 Å². The maximum absolute atomic E-state index is 13.0. The van der Waals surface area contributed by atoms with Gasteiger partial charge in [0, 0.05) is 17.8 Å². The molecule has 0 bridgehead atoms. The summed E-state index contributed by atoms with van der Waals surface area (Å²) in [6, 6.07) is 10.7. The molecule has 1 atom stereocenters. The van der Waals surface area contributed by atoms with E-state index in [0.717, 1.165) is 0 Å². The van der Waals surface area contributed by atoms with Crippen LogP contribution in [-0.4, -0.2) is 45.4 Å². The van der Waals surface area contributed by atoms with Crippen LogP contribution in [-0.2, 0) is 16.6 Å². The number of nitrogens with zero attached hydrogens (tertiary/aromatic N) is 3. The maximum Gasteiger partial charge on any atom is 0.337 e. The standard InChI is InChI=1S/C25H27Cl2N5O4S/c1-14(2)10-20(29-23(34)18-9-8-16(26)12-19(18)27)22-30-31-25(32(22)3)37-13-21(33)28-17-7-5-6-15(11-17)24(35)36-4/h5-9,11-12,14,20H,10,13H2,1-4H3,(H,28,33)(H,29,34)/t20-/m1/s1. The smallest absolute Gasteiger partial charge is 0.337 e. The molecule has 0 aliphatic carbocycles. The topological polar surface area (TPSA) is 115 Å². The van der Waals surface area contributed by atoms with Gasteiger partial charge in [-0.3, -0.25) is 9.59 Å². The fourth-order valence-electron chi connectivity index (χ4n) is 3.53. The molecule has 0 aliphatic heterocycles. The lowest BCUT2D eigenvalue weighted by atomic mass is 10.0. The molecule has 0 fully saturated rings. The van der Waals surface area contributed by atoms with Crippen molar-refractivity contribution >= 4 is 58.4 Å². The predicted molar refractivity (Wildman–Crippen MR) is 144 cm³/mol. The van der Waals surface area contributed by atoms with E-state index >= 15 is 0 Å². The van der Waals surface area contributed by atoms with Crippen molar-refractivity contribution in [1.82, 2.24) is 20.1 Å². The Morgan fingerprint density at radius 2 is 1.86 bits per heavy atom. The van der Waals surface area contributed by atoms with E-state index in [0.29, 0.717) is 39.2 Å². The van der Waals surface area contributed by atoms with E-state index < -0.39 is 12.0 Å². The number of carbonyl (C=O) groups excluding carboxylic acids is 3. The first-order valence-corrected chi connectivity index (χ1v) is 13.1. The van der Waals surface area contributed by atoms with Gasteiger partial charge in [-0.15, -0.1) is 10.2 Å². The number of ether oxygens (including phenoxy) is 1. The Labute approximate surface area is 229 Å². The number of hydrogen-bond donors (Lipinski definition) is 2. The average Bonchev–Trinajstić information content (AvgIpc) is 3.21. The van der Waals surface area contributed by atoms with Gasteiger partial charge in [0.05, 0.1) is 35.1 Å². The van der Waals surface area contributed by atoms with Gasteiger partial charge in [-0.25, -0.2) is 4.79 Å². The first-order valence-electron chi connectivity index (χ1n) is 11.3. The average molecular weight is 564 g/mol. The van der Waals surface area contributed by atoms with Gasteiger partial charge in [0.25, 0.3) is 5.91 Å². The molecule has 196 valence electrons. The third-order valence-corrected chi connectivity index (χ3v) is 6.84. The lowest BCUT2D eigenvalue weighted by Crippen LogP contribution is -2.31. The van der Waals surface area contributed by atoms with Gasteiger partial charge in [-0.2, -0.15) is 0 Å². The van der Waals surface area contributed by atoms with Crippen LogP contribution in [0.2, 0.25) is 10.0 Å². The van der Waals surface area contributed by atoms with Gasteiger partial charge in [0.1, 0.15) is 0 Å². The molecule has 0 saturated heterocycles. The molecule has 2 amide bonds. The molecule has 1 aromatic heterocycles. The van der Waals surface area contributed by atoms with Gasteiger partial charge < -0.3 is 19.9 Å². The highest BCUT2D eigenvalue weighted by Crippen LogP contribution is 2.26. The van der Waals surface area contributed by atoms with Crippen LogP contribution in [0.3, 0.4) is 0 Å². The van der Waals surface area contributed by atoms with Crippen molar-refractivity contribution in [3.05, 3.63) is 69.5 Å². The Morgan fingerprint density at radius 1 is 1.11 bits per heavy atom. The first-order chi connectivity index (χ1) is 17.6. The zero-order valence-electron chi connectivity index (χ0n) is 20.7. The molecule has 1 heterocycles. The summed E-state index contributed by atoms with van der Waals surface area (Å²) in [7, 11) is 3.08. The fraction of sp³-hybridized carbons (Fsp3) is 0.320. The number of benzene rings is 2. The minimum absolute atomic E-state index is 0.0655. The van der Waals surface area contributed by atoms with Gasteiger partial charge >= 0.3 is 5.97 Å². The highest BCUT2D eigenvalue weighted by Gasteiger charge is 2.24. The van der Waals surface area contributed by atoms with Gasteiger partial charge in [0.2, 0.25) is 5.91 Å². The van der Waals surface area contributed by atoms with Crippen LogP contribution < -0.4 is 10.6 Å². The van der Waals surface area contributed by atoms with Gasteiger partial charge in [-0.05, 0) is 48.7 Å². The molecule has 0 saturated carbocycles. The molecular formula is C25H27Cl2N5O4S. The molecule has 2 N–H and O–H groups in total. The van der Waals surface area contributed by atoms with E-state index in [1.165, 1.54) is 24.9 Å². The third-order valence-electron chi connectivity index (χ3n) is 5.27. The minimum atomic E-state index is -0.488. The Kier molecular flexibility index (Phi) is 9.96. The van der Waals surface area contributed by atoms with E-state index in [1.54, 1.807) is 48.0 Å². The molecule has 0 radical (unpaired) electrons. The number of hydrogen-bond acceptors (Lipinski definition) is 7. The molecule has 3 aromatic rings. The Hall–Kier alpha value is -3.08. The normalized spacial score (nSPS) is 11.8. The number of methoxy groups -OCH3 is 1. The summed E-state index contributed by atoms with van der Waals surface area (Å²) >= 11 is 13.4. The number of aromatic nitrogens is 3. The number of thioether (sulfide) groups is 1. The second-order valence-corrected chi connectivity index (χ2v) is 10.4. The zero-order chi connectivity index (χ0) is 27.1. The SMILES string of the molecule is COC(=O)c1cccc(NC(=O)CSc2nnc([C@@H](CC(C)C)NC(=O)c3ccc(Cl)cc3Cl)n2C)c1. The van der Waals surface area contributed by atoms with Gasteiger partial charge in [0.15, 0.2) is 11.0 Å². The number of carbonyl (C=O) groups is 3. The molecule has 9 nitrogen and oxygen atoms in total. The molecular weight excluding hydrogens is 537 g/mol. The number of anilines is 1. The lowest BCUT2D eigenvalue weighted by molar-refractivity contribution is -0.113. The molecule has 2 aromatic carbocycles. The van der Waals surface area contributed by atoms with E-state index in [1.807, 2.05) is 13.8 Å².